The van der Waals surface area contributed by atoms with E-state index in [0.717, 1.165) is 19.3 Å². The summed E-state index contributed by atoms with van der Waals surface area (Å²) in [5.41, 5.74) is 7.29. The van der Waals surface area contributed by atoms with E-state index in [1.54, 1.807) is 0 Å². The summed E-state index contributed by atoms with van der Waals surface area (Å²) in [7, 11) is 0. The largest absolute Gasteiger partial charge is 0.353 e. The fourth-order valence-corrected chi connectivity index (χ4v) is 3.04. The van der Waals surface area contributed by atoms with E-state index in [2.05, 4.69) is 31.3 Å². The first-order valence-electron chi connectivity index (χ1n) is 7.68. The van der Waals surface area contributed by atoms with Gasteiger partial charge in [0.25, 0.3) is 0 Å². The van der Waals surface area contributed by atoms with Crippen molar-refractivity contribution in [3.63, 3.8) is 0 Å². The third-order valence-corrected chi connectivity index (χ3v) is 4.63. The maximum atomic E-state index is 12.1. The fraction of sp³-hybridized carbons (Fsp3) is 0.588. The van der Waals surface area contributed by atoms with Gasteiger partial charge >= 0.3 is 0 Å². The van der Waals surface area contributed by atoms with Crippen molar-refractivity contribution in [1.82, 2.24) is 5.32 Å². The standard InChI is InChI=1S/C17H26N2O.ClH/c1-12(14-7-4-3-5-8-14)13(2)19-17(20)11-15-9-6-10-16(15)18;/h3-5,7-8,12-13,15-16H,6,9-11,18H2,1-2H3,(H,19,20);1H/t12?,13?,15-,16+;/m0./s1. The molecule has 2 unspecified atom stereocenters. The van der Waals surface area contributed by atoms with Crippen LogP contribution in [0.5, 0.6) is 0 Å². The number of carbonyl (C=O) groups is 1. The average Bonchev–Trinajstić information content (AvgIpc) is 2.84. The van der Waals surface area contributed by atoms with Crippen molar-refractivity contribution >= 4 is 18.3 Å². The summed E-state index contributed by atoms with van der Waals surface area (Å²) < 4.78 is 0. The van der Waals surface area contributed by atoms with Crippen molar-refractivity contribution in [3.8, 4) is 0 Å². The Morgan fingerprint density at radius 2 is 1.95 bits per heavy atom. The van der Waals surface area contributed by atoms with Crippen LogP contribution in [0, 0.1) is 5.92 Å². The molecule has 3 nitrogen and oxygen atoms in total. The van der Waals surface area contributed by atoms with Crippen LogP contribution < -0.4 is 11.1 Å². The van der Waals surface area contributed by atoms with Crippen LogP contribution in [0.25, 0.3) is 0 Å². The summed E-state index contributed by atoms with van der Waals surface area (Å²) in [6, 6.07) is 10.7. The zero-order valence-corrected chi connectivity index (χ0v) is 13.7. The van der Waals surface area contributed by atoms with E-state index in [1.807, 2.05) is 18.2 Å². The second kappa shape index (κ2) is 8.40. The molecule has 1 aromatic rings. The predicted octanol–water partition coefficient (Wildman–Crippen LogP) is 3.23. The first-order chi connectivity index (χ1) is 9.58. The lowest BCUT2D eigenvalue weighted by Crippen LogP contribution is -2.38. The Morgan fingerprint density at radius 3 is 2.52 bits per heavy atom. The SMILES string of the molecule is CC(NC(=O)C[C@@H]1CCC[C@H]1N)C(C)c1ccccc1.Cl. The van der Waals surface area contributed by atoms with Crippen LogP contribution in [0.2, 0.25) is 0 Å². The lowest BCUT2D eigenvalue weighted by Gasteiger charge is -2.23. The first kappa shape index (κ1) is 18.0. The number of benzene rings is 1. The summed E-state index contributed by atoms with van der Waals surface area (Å²) in [6.45, 7) is 4.23. The Bertz CT molecular complexity index is 438. The van der Waals surface area contributed by atoms with Gasteiger partial charge in [-0.1, -0.05) is 43.7 Å². The highest BCUT2D eigenvalue weighted by Gasteiger charge is 2.27. The molecule has 4 heteroatoms. The Kier molecular flexibility index (Phi) is 7.20. The van der Waals surface area contributed by atoms with E-state index in [4.69, 9.17) is 5.73 Å². The van der Waals surface area contributed by atoms with Crippen LogP contribution in [0.15, 0.2) is 30.3 Å². The van der Waals surface area contributed by atoms with Crippen molar-refractivity contribution in [2.45, 2.75) is 57.5 Å². The van der Waals surface area contributed by atoms with E-state index in [9.17, 15) is 4.79 Å². The fourth-order valence-electron chi connectivity index (χ4n) is 3.04. The van der Waals surface area contributed by atoms with Crippen LogP contribution >= 0.6 is 12.4 Å². The minimum atomic E-state index is 0. The molecule has 0 bridgehead atoms. The minimum absolute atomic E-state index is 0. The van der Waals surface area contributed by atoms with Gasteiger partial charge in [-0.15, -0.1) is 12.4 Å². The smallest absolute Gasteiger partial charge is 0.220 e. The average molecular weight is 311 g/mol. The van der Waals surface area contributed by atoms with E-state index in [1.165, 1.54) is 5.56 Å². The van der Waals surface area contributed by atoms with Crippen molar-refractivity contribution in [1.29, 1.82) is 0 Å². The molecule has 1 saturated carbocycles. The molecule has 0 aliphatic heterocycles. The molecule has 118 valence electrons. The highest BCUT2D eigenvalue weighted by Crippen LogP contribution is 2.27. The summed E-state index contributed by atoms with van der Waals surface area (Å²) >= 11 is 0. The summed E-state index contributed by atoms with van der Waals surface area (Å²) in [4.78, 5) is 12.1. The molecule has 1 aliphatic carbocycles. The highest BCUT2D eigenvalue weighted by atomic mass is 35.5. The van der Waals surface area contributed by atoms with E-state index >= 15 is 0 Å². The Hall–Kier alpha value is -1.06. The number of halogens is 1. The highest BCUT2D eigenvalue weighted by molar-refractivity contribution is 5.85. The second-order valence-corrected chi connectivity index (χ2v) is 6.11. The maximum Gasteiger partial charge on any atom is 0.220 e. The molecule has 1 aromatic carbocycles. The number of nitrogens with one attached hydrogen (secondary N) is 1. The Balaban J connectivity index is 0.00000220. The third kappa shape index (κ3) is 5.01. The number of rotatable bonds is 5. The number of nitrogens with two attached hydrogens (primary N) is 1. The number of carbonyl (C=O) groups excluding carboxylic acids is 1. The van der Waals surface area contributed by atoms with Gasteiger partial charge in [-0.3, -0.25) is 4.79 Å². The van der Waals surface area contributed by atoms with Crippen LogP contribution in [-0.4, -0.2) is 18.0 Å². The lowest BCUT2D eigenvalue weighted by molar-refractivity contribution is -0.122. The van der Waals surface area contributed by atoms with Gasteiger partial charge in [0.15, 0.2) is 0 Å². The van der Waals surface area contributed by atoms with Gasteiger partial charge in [-0.05, 0) is 31.2 Å². The molecule has 4 atom stereocenters. The first-order valence-corrected chi connectivity index (χ1v) is 7.68. The van der Waals surface area contributed by atoms with Gasteiger partial charge < -0.3 is 11.1 Å². The molecule has 0 radical (unpaired) electrons. The number of hydrogen-bond acceptors (Lipinski definition) is 2. The second-order valence-electron chi connectivity index (χ2n) is 6.11. The maximum absolute atomic E-state index is 12.1. The van der Waals surface area contributed by atoms with Crippen molar-refractivity contribution in [2.24, 2.45) is 11.7 Å². The summed E-state index contributed by atoms with van der Waals surface area (Å²) in [5, 5.41) is 3.13. The van der Waals surface area contributed by atoms with Gasteiger partial charge in [0, 0.05) is 24.4 Å². The quantitative estimate of drug-likeness (QED) is 0.877. The predicted molar refractivity (Wildman–Crippen MR) is 89.6 cm³/mol. The molecule has 2 rings (SSSR count). The number of hydrogen-bond donors (Lipinski definition) is 2. The van der Waals surface area contributed by atoms with Crippen LogP contribution in [-0.2, 0) is 4.79 Å². The van der Waals surface area contributed by atoms with E-state index < -0.39 is 0 Å². The van der Waals surface area contributed by atoms with Gasteiger partial charge in [0.05, 0.1) is 0 Å². The molecule has 0 heterocycles. The monoisotopic (exact) mass is 310 g/mol. The molecule has 3 N–H and O–H groups in total. The Labute approximate surface area is 134 Å². The van der Waals surface area contributed by atoms with Gasteiger partial charge in [0.1, 0.15) is 0 Å². The molecule has 1 amide bonds. The third-order valence-electron chi connectivity index (χ3n) is 4.63. The zero-order valence-electron chi connectivity index (χ0n) is 12.9. The molecule has 0 saturated heterocycles. The van der Waals surface area contributed by atoms with Crippen molar-refractivity contribution in [3.05, 3.63) is 35.9 Å². The molecule has 1 fully saturated rings. The molecular weight excluding hydrogens is 284 g/mol. The number of amides is 1. The van der Waals surface area contributed by atoms with Crippen LogP contribution in [0.4, 0.5) is 0 Å². The lowest BCUT2D eigenvalue weighted by atomic mass is 9.93. The van der Waals surface area contributed by atoms with E-state index in [0.29, 0.717) is 18.3 Å². The summed E-state index contributed by atoms with van der Waals surface area (Å²) in [5.74, 6) is 0.828. The molecule has 0 aromatic heterocycles. The molecule has 21 heavy (non-hydrogen) atoms. The van der Waals surface area contributed by atoms with Gasteiger partial charge in [0.2, 0.25) is 5.91 Å². The van der Waals surface area contributed by atoms with Gasteiger partial charge in [-0.25, -0.2) is 0 Å². The minimum Gasteiger partial charge on any atom is -0.353 e. The topological polar surface area (TPSA) is 55.1 Å². The van der Waals surface area contributed by atoms with Crippen molar-refractivity contribution < 1.29 is 4.79 Å². The van der Waals surface area contributed by atoms with Gasteiger partial charge in [-0.2, -0.15) is 0 Å². The summed E-state index contributed by atoms with van der Waals surface area (Å²) in [6.07, 6.45) is 3.90. The van der Waals surface area contributed by atoms with Crippen LogP contribution in [0.1, 0.15) is 51.0 Å². The van der Waals surface area contributed by atoms with Crippen LogP contribution in [0.3, 0.4) is 0 Å². The zero-order chi connectivity index (χ0) is 14.5. The van der Waals surface area contributed by atoms with Crippen molar-refractivity contribution in [2.75, 3.05) is 0 Å². The molecular formula is C17H27ClN2O. The normalized spacial score (nSPS) is 24.0. The Morgan fingerprint density at radius 1 is 1.29 bits per heavy atom. The van der Waals surface area contributed by atoms with E-state index in [-0.39, 0.29) is 30.4 Å². The molecule has 1 aliphatic rings. The molecule has 0 spiro atoms.